The number of hydrogen-bond donors (Lipinski definition) is 1. The lowest BCUT2D eigenvalue weighted by Crippen LogP contribution is -1.78. The molecule has 0 fully saturated rings. The molecule has 3 heteroatoms. The monoisotopic (exact) mass is 244 g/mol. The quantitative estimate of drug-likeness (QED) is 0.627. The van der Waals surface area contributed by atoms with Crippen molar-refractivity contribution in [1.29, 1.82) is 0 Å². The first-order chi connectivity index (χ1) is 5.84. The van der Waals surface area contributed by atoms with Gasteiger partial charge in [-0.05, 0) is 33.8 Å². The van der Waals surface area contributed by atoms with E-state index in [1.165, 1.54) is 0 Å². The Balaban J connectivity index is 2.49. The van der Waals surface area contributed by atoms with Crippen molar-refractivity contribution in [1.82, 2.24) is 0 Å². The minimum atomic E-state index is 0.223. The van der Waals surface area contributed by atoms with Gasteiger partial charge in [-0.1, -0.05) is 11.8 Å². The summed E-state index contributed by atoms with van der Waals surface area (Å²) >= 11 is 5.02. The predicted octanol–water partition coefficient (Wildman–Crippen LogP) is 2.63. The van der Waals surface area contributed by atoms with Gasteiger partial charge in [-0.25, -0.2) is 0 Å². The number of rotatable bonds is 2. The topological polar surface area (TPSA) is 20.2 Å². The smallest absolute Gasteiger partial charge is 0.0910 e. The van der Waals surface area contributed by atoms with Crippen molar-refractivity contribution in [2.75, 3.05) is 6.61 Å². The molecule has 0 saturated heterocycles. The molecule has 64 valence electrons. The molecule has 0 radical (unpaired) electrons. The second-order valence-corrected chi connectivity index (χ2v) is 4.00. The number of unbranched alkanes of at least 4 members (excludes halogenated alkanes) is 1. The van der Waals surface area contributed by atoms with E-state index in [9.17, 15) is 0 Å². The Morgan fingerprint density at radius 1 is 1.58 bits per heavy atom. The maximum absolute atomic E-state index is 8.50. The van der Waals surface area contributed by atoms with Gasteiger partial charge in [0, 0.05) is 17.5 Å². The minimum absolute atomic E-state index is 0.223. The van der Waals surface area contributed by atoms with Crippen molar-refractivity contribution >= 4 is 27.3 Å². The molecule has 1 nitrogen and oxygen atoms in total. The highest BCUT2D eigenvalue weighted by molar-refractivity contribution is 9.10. The first kappa shape index (κ1) is 9.79. The summed E-state index contributed by atoms with van der Waals surface area (Å²) in [7, 11) is 0. The first-order valence-electron chi connectivity index (χ1n) is 3.67. The largest absolute Gasteiger partial charge is 0.396 e. The molecule has 0 aliphatic heterocycles. The van der Waals surface area contributed by atoms with Crippen molar-refractivity contribution in [2.24, 2.45) is 0 Å². The van der Waals surface area contributed by atoms with Gasteiger partial charge in [0.25, 0.3) is 0 Å². The zero-order chi connectivity index (χ0) is 8.81. The van der Waals surface area contributed by atoms with E-state index in [1.807, 2.05) is 11.4 Å². The molecule has 12 heavy (non-hydrogen) atoms. The van der Waals surface area contributed by atoms with Crippen molar-refractivity contribution in [3.63, 3.8) is 0 Å². The van der Waals surface area contributed by atoms with Gasteiger partial charge < -0.3 is 5.11 Å². The maximum Gasteiger partial charge on any atom is 0.0910 e. The third-order valence-electron chi connectivity index (χ3n) is 1.28. The summed E-state index contributed by atoms with van der Waals surface area (Å²) in [6, 6.07) is 1.99. The van der Waals surface area contributed by atoms with Crippen molar-refractivity contribution in [3.05, 3.63) is 20.8 Å². The van der Waals surface area contributed by atoms with Crippen LogP contribution in [-0.4, -0.2) is 11.7 Å². The van der Waals surface area contributed by atoms with Crippen LogP contribution in [0.15, 0.2) is 15.9 Å². The highest BCUT2D eigenvalue weighted by Gasteiger charge is 1.94. The lowest BCUT2D eigenvalue weighted by Gasteiger charge is -1.84. The summed E-state index contributed by atoms with van der Waals surface area (Å²) in [5.41, 5.74) is 0. The molecule has 1 heterocycles. The average molecular weight is 245 g/mol. The normalized spacial score (nSPS) is 9.17. The van der Waals surface area contributed by atoms with Gasteiger partial charge in [-0.15, -0.1) is 11.3 Å². The fraction of sp³-hybridized carbons (Fsp3) is 0.333. The molecule has 0 saturated carbocycles. The van der Waals surface area contributed by atoms with Crippen LogP contribution < -0.4 is 0 Å². The van der Waals surface area contributed by atoms with E-state index < -0.39 is 0 Å². The molecule has 0 amide bonds. The molecular formula is C9H9BrOS. The van der Waals surface area contributed by atoms with Gasteiger partial charge in [0.15, 0.2) is 0 Å². The zero-order valence-electron chi connectivity index (χ0n) is 6.51. The third kappa shape index (κ3) is 2.98. The molecule has 0 unspecified atom stereocenters. The van der Waals surface area contributed by atoms with Crippen LogP contribution in [0.1, 0.15) is 17.7 Å². The molecule has 0 atom stereocenters. The van der Waals surface area contributed by atoms with Crippen molar-refractivity contribution < 1.29 is 5.11 Å². The summed E-state index contributed by atoms with van der Waals surface area (Å²) in [4.78, 5) is 1.06. The van der Waals surface area contributed by atoms with Crippen LogP contribution in [0, 0.1) is 11.8 Å². The molecule has 0 aliphatic rings. The maximum atomic E-state index is 8.50. The Labute approximate surface area is 84.6 Å². The fourth-order valence-electron chi connectivity index (χ4n) is 0.693. The van der Waals surface area contributed by atoms with Gasteiger partial charge in [0.1, 0.15) is 0 Å². The number of aliphatic hydroxyl groups excluding tert-OH is 1. The van der Waals surface area contributed by atoms with E-state index in [0.717, 1.165) is 22.2 Å². The highest BCUT2D eigenvalue weighted by Crippen LogP contribution is 2.20. The fourth-order valence-corrected chi connectivity index (χ4v) is 2.03. The molecule has 0 spiro atoms. The number of halogens is 1. The van der Waals surface area contributed by atoms with Gasteiger partial charge in [-0.3, -0.25) is 0 Å². The number of thiophene rings is 1. The van der Waals surface area contributed by atoms with E-state index in [4.69, 9.17) is 5.11 Å². The lowest BCUT2D eigenvalue weighted by molar-refractivity contribution is 0.290. The SMILES string of the molecule is OCCCC#Cc1sccc1Br. The molecule has 1 rings (SSSR count). The Bertz CT molecular complexity index is 295. The average Bonchev–Trinajstić information content (AvgIpc) is 2.46. The van der Waals surface area contributed by atoms with Crippen LogP contribution >= 0.6 is 27.3 Å². The molecular weight excluding hydrogens is 236 g/mol. The molecule has 1 aromatic heterocycles. The Morgan fingerprint density at radius 2 is 2.42 bits per heavy atom. The van der Waals surface area contributed by atoms with E-state index in [2.05, 4.69) is 27.8 Å². The first-order valence-corrected chi connectivity index (χ1v) is 5.34. The second kappa shape index (κ2) is 5.36. The van der Waals surface area contributed by atoms with Gasteiger partial charge in [0.05, 0.1) is 4.88 Å². The van der Waals surface area contributed by atoms with Crippen LogP contribution in [-0.2, 0) is 0 Å². The van der Waals surface area contributed by atoms with Crippen LogP contribution in [0.4, 0.5) is 0 Å². The summed E-state index contributed by atoms with van der Waals surface area (Å²) in [5.74, 6) is 6.04. The van der Waals surface area contributed by atoms with Gasteiger partial charge in [0.2, 0.25) is 0 Å². The second-order valence-electron chi connectivity index (χ2n) is 2.23. The van der Waals surface area contributed by atoms with Crippen LogP contribution in [0.3, 0.4) is 0 Å². The molecule has 1 N–H and O–H groups in total. The van der Waals surface area contributed by atoms with E-state index >= 15 is 0 Å². The van der Waals surface area contributed by atoms with Gasteiger partial charge >= 0.3 is 0 Å². The van der Waals surface area contributed by atoms with Crippen LogP contribution in [0.5, 0.6) is 0 Å². The molecule has 0 aromatic carbocycles. The van der Waals surface area contributed by atoms with Crippen molar-refractivity contribution in [2.45, 2.75) is 12.8 Å². The number of aliphatic hydroxyl groups is 1. The standard InChI is InChI=1S/C9H9BrOS/c10-8-5-7-12-9(8)4-2-1-3-6-11/h5,7,11H,1,3,6H2. The van der Waals surface area contributed by atoms with Crippen molar-refractivity contribution in [3.8, 4) is 11.8 Å². The Hall–Kier alpha value is -0.300. The molecule has 0 bridgehead atoms. The van der Waals surface area contributed by atoms with E-state index in [0.29, 0.717) is 0 Å². The summed E-state index contributed by atoms with van der Waals surface area (Å²) < 4.78 is 1.06. The van der Waals surface area contributed by atoms with Gasteiger partial charge in [-0.2, -0.15) is 0 Å². The summed E-state index contributed by atoms with van der Waals surface area (Å²) in [6.45, 7) is 0.223. The number of hydrogen-bond acceptors (Lipinski definition) is 2. The molecule has 1 aromatic rings. The third-order valence-corrected chi connectivity index (χ3v) is 3.03. The molecule has 0 aliphatic carbocycles. The summed E-state index contributed by atoms with van der Waals surface area (Å²) in [6.07, 6.45) is 1.52. The van der Waals surface area contributed by atoms with Crippen LogP contribution in [0.25, 0.3) is 0 Å². The Kier molecular flexibility index (Phi) is 4.37. The Morgan fingerprint density at radius 3 is 3.00 bits per heavy atom. The van der Waals surface area contributed by atoms with E-state index in [-0.39, 0.29) is 6.61 Å². The zero-order valence-corrected chi connectivity index (χ0v) is 8.91. The minimum Gasteiger partial charge on any atom is -0.396 e. The summed E-state index contributed by atoms with van der Waals surface area (Å²) in [5, 5.41) is 10.5. The highest BCUT2D eigenvalue weighted by atomic mass is 79.9. The lowest BCUT2D eigenvalue weighted by atomic mass is 10.3. The predicted molar refractivity (Wildman–Crippen MR) is 55.2 cm³/mol. The van der Waals surface area contributed by atoms with Crippen LogP contribution in [0.2, 0.25) is 0 Å². The van der Waals surface area contributed by atoms with E-state index in [1.54, 1.807) is 11.3 Å².